The number of carbonyl (C=O) groups is 2. The monoisotopic (exact) mass is 305 g/mol. The number of rotatable bonds is 10. The third-order valence-electron chi connectivity index (χ3n) is 3.56. The molecule has 0 spiro atoms. The minimum absolute atomic E-state index is 0.0176. The molecule has 22 heavy (non-hydrogen) atoms. The third-order valence-corrected chi connectivity index (χ3v) is 3.56. The van der Waals surface area contributed by atoms with Crippen LogP contribution in [-0.2, 0) is 4.79 Å². The Hall–Kier alpha value is -1.88. The summed E-state index contributed by atoms with van der Waals surface area (Å²) in [5.41, 5.74) is 0.564. The Morgan fingerprint density at radius 1 is 1.00 bits per heavy atom. The van der Waals surface area contributed by atoms with Crippen molar-refractivity contribution in [2.45, 2.75) is 26.7 Å². The van der Waals surface area contributed by atoms with Gasteiger partial charge in [-0.1, -0.05) is 32.0 Å². The Morgan fingerprint density at radius 3 is 2.32 bits per heavy atom. The van der Waals surface area contributed by atoms with Crippen LogP contribution >= 0.6 is 0 Å². The van der Waals surface area contributed by atoms with Crippen molar-refractivity contribution < 1.29 is 9.59 Å². The fraction of sp³-hybridized carbons (Fsp3) is 0.529. The molecular weight excluding hydrogens is 278 g/mol. The molecule has 1 aromatic carbocycles. The standard InChI is InChI=1S/C17H27N3O2/c1-3-20(4-2)13-9-8-12-18-16(21)14-19-17(22)15-10-6-5-7-11-15/h5-7,10-11H,3-4,8-9,12-14H2,1-2H3,(H,18,21)(H,19,22). The largest absolute Gasteiger partial charge is 0.355 e. The van der Waals surface area contributed by atoms with Gasteiger partial charge < -0.3 is 15.5 Å². The molecule has 0 atom stereocenters. The van der Waals surface area contributed by atoms with Gasteiger partial charge in [-0.3, -0.25) is 9.59 Å². The maximum absolute atomic E-state index is 11.8. The minimum atomic E-state index is -0.225. The van der Waals surface area contributed by atoms with E-state index in [2.05, 4.69) is 29.4 Å². The van der Waals surface area contributed by atoms with Gasteiger partial charge in [0.15, 0.2) is 0 Å². The fourth-order valence-electron chi connectivity index (χ4n) is 2.14. The van der Waals surface area contributed by atoms with E-state index in [1.807, 2.05) is 6.07 Å². The maximum Gasteiger partial charge on any atom is 0.251 e. The molecule has 0 aliphatic rings. The van der Waals surface area contributed by atoms with Crippen molar-refractivity contribution in [3.63, 3.8) is 0 Å². The third kappa shape index (κ3) is 7.22. The average molecular weight is 305 g/mol. The van der Waals surface area contributed by atoms with E-state index in [0.29, 0.717) is 12.1 Å². The number of amides is 2. The molecule has 5 nitrogen and oxygen atoms in total. The van der Waals surface area contributed by atoms with Crippen molar-refractivity contribution in [2.24, 2.45) is 0 Å². The lowest BCUT2D eigenvalue weighted by Crippen LogP contribution is -2.37. The van der Waals surface area contributed by atoms with Crippen LogP contribution in [0, 0.1) is 0 Å². The van der Waals surface area contributed by atoms with Crippen LogP contribution in [0.1, 0.15) is 37.0 Å². The number of hydrogen-bond acceptors (Lipinski definition) is 3. The van der Waals surface area contributed by atoms with Crippen molar-refractivity contribution in [1.29, 1.82) is 0 Å². The minimum Gasteiger partial charge on any atom is -0.355 e. The fourth-order valence-corrected chi connectivity index (χ4v) is 2.14. The first kappa shape index (κ1) is 18.2. The highest BCUT2D eigenvalue weighted by atomic mass is 16.2. The summed E-state index contributed by atoms with van der Waals surface area (Å²) < 4.78 is 0. The van der Waals surface area contributed by atoms with E-state index in [4.69, 9.17) is 0 Å². The van der Waals surface area contributed by atoms with Crippen molar-refractivity contribution in [3.8, 4) is 0 Å². The Labute approximate surface area is 133 Å². The molecule has 0 aromatic heterocycles. The second kappa shape index (κ2) is 10.8. The molecule has 5 heteroatoms. The predicted octanol–water partition coefficient (Wildman–Crippen LogP) is 1.65. The van der Waals surface area contributed by atoms with Gasteiger partial charge in [-0.25, -0.2) is 0 Å². The summed E-state index contributed by atoms with van der Waals surface area (Å²) >= 11 is 0. The lowest BCUT2D eigenvalue weighted by molar-refractivity contribution is -0.120. The molecule has 2 amide bonds. The number of nitrogens with one attached hydrogen (secondary N) is 2. The van der Waals surface area contributed by atoms with Crippen LogP contribution in [0.2, 0.25) is 0 Å². The smallest absolute Gasteiger partial charge is 0.251 e. The Bertz CT molecular complexity index is 444. The van der Waals surface area contributed by atoms with Crippen molar-refractivity contribution in [3.05, 3.63) is 35.9 Å². The lowest BCUT2D eigenvalue weighted by Gasteiger charge is -2.17. The van der Waals surface area contributed by atoms with Crippen LogP contribution in [0.4, 0.5) is 0 Å². The van der Waals surface area contributed by atoms with E-state index >= 15 is 0 Å². The molecule has 0 unspecified atom stereocenters. The Morgan fingerprint density at radius 2 is 1.68 bits per heavy atom. The SMILES string of the molecule is CCN(CC)CCCCNC(=O)CNC(=O)c1ccccc1. The van der Waals surface area contributed by atoms with E-state index < -0.39 is 0 Å². The molecule has 122 valence electrons. The summed E-state index contributed by atoms with van der Waals surface area (Å²) in [5, 5.41) is 5.44. The van der Waals surface area contributed by atoms with Crippen LogP contribution < -0.4 is 10.6 Å². The van der Waals surface area contributed by atoms with E-state index in [-0.39, 0.29) is 18.4 Å². The summed E-state index contributed by atoms with van der Waals surface area (Å²) in [7, 11) is 0. The van der Waals surface area contributed by atoms with Gasteiger partial charge in [0.2, 0.25) is 5.91 Å². The first-order chi connectivity index (χ1) is 10.7. The molecule has 0 radical (unpaired) electrons. The van der Waals surface area contributed by atoms with E-state index in [9.17, 15) is 9.59 Å². The summed E-state index contributed by atoms with van der Waals surface area (Å²) in [6, 6.07) is 8.89. The summed E-state index contributed by atoms with van der Waals surface area (Å²) in [6.45, 7) is 8.17. The van der Waals surface area contributed by atoms with Gasteiger partial charge in [-0.05, 0) is 44.6 Å². The van der Waals surface area contributed by atoms with E-state index in [1.54, 1.807) is 24.3 Å². The second-order valence-corrected chi connectivity index (χ2v) is 5.13. The van der Waals surface area contributed by atoms with Gasteiger partial charge in [0.1, 0.15) is 0 Å². The van der Waals surface area contributed by atoms with Crippen molar-refractivity contribution in [2.75, 3.05) is 32.7 Å². The topological polar surface area (TPSA) is 61.4 Å². The van der Waals surface area contributed by atoms with Gasteiger partial charge in [0.25, 0.3) is 5.91 Å². The molecule has 1 rings (SSSR count). The summed E-state index contributed by atoms with van der Waals surface area (Å²) in [5.74, 6) is -0.371. The molecule has 0 bridgehead atoms. The zero-order chi connectivity index (χ0) is 16.2. The van der Waals surface area contributed by atoms with Gasteiger partial charge in [-0.15, -0.1) is 0 Å². The highest BCUT2D eigenvalue weighted by Gasteiger charge is 2.06. The molecule has 0 aliphatic heterocycles. The predicted molar refractivity (Wildman–Crippen MR) is 88.8 cm³/mol. The summed E-state index contributed by atoms with van der Waals surface area (Å²) in [4.78, 5) is 25.8. The quantitative estimate of drug-likeness (QED) is 0.646. The molecule has 0 fully saturated rings. The number of nitrogens with zero attached hydrogens (tertiary/aromatic N) is 1. The second-order valence-electron chi connectivity index (χ2n) is 5.13. The first-order valence-corrected chi connectivity index (χ1v) is 7.99. The molecule has 0 saturated carbocycles. The van der Waals surface area contributed by atoms with Gasteiger partial charge in [-0.2, -0.15) is 0 Å². The average Bonchev–Trinajstić information content (AvgIpc) is 2.56. The van der Waals surface area contributed by atoms with Gasteiger partial charge in [0, 0.05) is 12.1 Å². The van der Waals surface area contributed by atoms with Crippen LogP contribution in [0.15, 0.2) is 30.3 Å². The van der Waals surface area contributed by atoms with Crippen LogP contribution in [-0.4, -0.2) is 49.4 Å². The number of benzene rings is 1. The Kier molecular flexibility index (Phi) is 8.91. The zero-order valence-electron chi connectivity index (χ0n) is 13.6. The molecule has 2 N–H and O–H groups in total. The normalized spacial score (nSPS) is 10.5. The van der Waals surface area contributed by atoms with E-state index in [1.165, 1.54) is 0 Å². The Balaban J connectivity index is 2.10. The maximum atomic E-state index is 11.8. The molecule has 0 saturated heterocycles. The van der Waals surface area contributed by atoms with Gasteiger partial charge in [0.05, 0.1) is 6.54 Å². The number of carbonyl (C=O) groups excluding carboxylic acids is 2. The van der Waals surface area contributed by atoms with E-state index in [0.717, 1.165) is 32.5 Å². The summed E-state index contributed by atoms with van der Waals surface area (Å²) in [6.07, 6.45) is 2.02. The van der Waals surface area contributed by atoms with Crippen molar-refractivity contribution in [1.82, 2.24) is 15.5 Å². The highest BCUT2D eigenvalue weighted by Crippen LogP contribution is 1.97. The number of hydrogen-bond donors (Lipinski definition) is 2. The van der Waals surface area contributed by atoms with Crippen LogP contribution in [0.3, 0.4) is 0 Å². The van der Waals surface area contributed by atoms with Crippen molar-refractivity contribution >= 4 is 11.8 Å². The lowest BCUT2D eigenvalue weighted by atomic mass is 10.2. The number of unbranched alkanes of at least 4 members (excludes halogenated alkanes) is 1. The van der Waals surface area contributed by atoms with Crippen LogP contribution in [0.5, 0.6) is 0 Å². The highest BCUT2D eigenvalue weighted by molar-refractivity contribution is 5.96. The van der Waals surface area contributed by atoms with Crippen LogP contribution in [0.25, 0.3) is 0 Å². The molecule has 0 heterocycles. The van der Waals surface area contributed by atoms with Gasteiger partial charge >= 0.3 is 0 Å². The molecule has 1 aromatic rings. The molecule has 0 aliphatic carbocycles. The zero-order valence-corrected chi connectivity index (χ0v) is 13.6. The first-order valence-electron chi connectivity index (χ1n) is 7.99. The molecular formula is C17H27N3O2.